The van der Waals surface area contributed by atoms with E-state index in [1.165, 1.54) is 11.4 Å². The summed E-state index contributed by atoms with van der Waals surface area (Å²) in [6, 6.07) is 0. The van der Waals surface area contributed by atoms with E-state index in [1.807, 2.05) is 13.8 Å². The first-order chi connectivity index (χ1) is 6.04. The maximum atomic E-state index is 11.8. The summed E-state index contributed by atoms with van der Waals surface area (Å²) in [4.78, 5) is 0. The molecule has 0 saturated carbocycles. The van der Waals surface area contributed by atoms with Crippen molar-refractivity contribution in [3.63, 3.8) is 0 Å². The molecule has 3 nitrogen and oxygen atoms in total. The Morgan fingerprint density at radius 1 is 1.23 bits per heavy atom. The van der Waals surface area contributed by atoms with Gasteiger partial charge in [-0.15, -0.1) is 0 Å². The Labute approximate surface area is 84.9 Å². The smallest absolute Gasteiger partial charge is 0.301 e. The molecule has 0 aromatic heterocycles. The molecule has 0 atom stereocenters. The van der Waals surface area contributed by atoms with Crippen LogP contribution in [0.25, 0.3) is 0 Å². The topological polar surface area (TPSA) is 35.5 Å². The van der Waals surface area contributed by atoms with Gasteiger partial charge in [0.25, 0.3) is 0 Å². The van der Waals surface area contributed by atoms with Crippen molar-refractivity contribution in [3.8, 4) is 0 Å². The SMILES string of the molecule is CCOP(=O)(OCC)SCC(C)C. The second-order valence-electron chi connectivity index (χ2n) is 2.97. The second-order valence-corrected chi connectivity index (χ2v) is 7.09. The summed E-state index contributed by atoms with van der Waals surface area (Å²) in [5.41, 5.74) is 0. The molecule has 0 amide bonds. The fraction of sp³-hybridized carbons (Fsp3) is 1.00. The molecule has 0 unspecified atom stereocenters. The van der Waals surface area contributed by atoms with Gasteiger partial charge in [0.2, 0.25) is 0 Å². The molecule has 0 fully saturated rings. The molecular formula is C8H19O3PS. The molecule has 0 aliphatic rings. The van der Waals surface area contributed by atoms with Crippen LogP contribution in [0.1, 0.15) is 27.7 Å². The first-order valence-electron chi connectivity index (χ1n) is 4.57. The third-order valence-corrected chi connectivity index (χ3v) is 5.45. The highest BCUT2D eigenvalue weighted by molar-refractivity contribution is 8.55. The lowest BCUT2D eigenvalue weighted by molar-refractivity contribution is 0.237. The molecule has 0 bridgehead atoms. The quantitative estimate of drug-likeness (QED) is 0.622. The number of hydrogen-bond donors (Lipinski definition) is 0. The molecule has 0 aromatic carbocycles. The fourth-order valence-electron chi connectivity index (χ4n) is 0.668. The minimum absolute atomic E-state index is 0.433. The van der Waals surface area contributed by atoms with Crippen molar-refractivity contribution in [2.24, 2.45) is 5.92 Å². The first-order valence-corrected chi connectivity index (χ1v) is 7.71. The molecule has 0 N–H and O–H groups in total. The molecule has 0 spiro atoms. The summed E-state index contributed by atoms with van der Waals surface area (Å²) in [6.45, 7) is 5.81. The van der Waals surface area contributed by atoms with Gasteiger partial charge in [-0.3, -0.25) is 0 Å². The molecule has 0 saturated heterocycles. The van der Waals surface area contributed by atoms with E-state index >= 15 is 0 Å². The average Bonchev–Trinajstić information content (AvgIpc) is 2.02. The molecule has 0 radical (unpaired) electrons. The Balaban J connectivity index is 3.99. The monoisotopic (exact) mass is 226 g/mol. The van der Waals surface area contributed by atoms with Gasteiger partial charge >= 0.3 is 6.80 Å². The van der Waals surface area contributed by atoms with Gasteiger partial charge in [-0.05, 0) is 31.1 Å². The zero-order chi connectivity index (χ0) is 10.3. The zero-order valence-electron chi connectivity index (χ0n) is 8.78. The van der Waals surface area contributed by atoms with Crippen LogP contribution in [0.5, 0.6) is 0 Å². The van der Waals surface area contributed by atoms with Crippen LogP contribution in [-0.2, 0) is 13.6 Å². The van der Waals surface area contributed by atoms with Crippen LogP contribution in [0.2, 0.25) is 0 Å². The van der Waals surface area contributed by atoms with Crippen LogP contribution in [0.3, 0.4) is 0 Å². The number of rotatable bonds is 7. The third-order valence-electron chi connectivity index (χ3n) is 1.14. The molecule has 0 aliphatic heterocycles. The van der Waals surface area contributed by atoms with Crippen LogP contribution in [-0.4, -0.2) is 19.0 Å². The van der Waals surface area contributed by atoms with Crippen LogP contribution in [0, 0.1) is 5.92 Å². The van der Waals surface area contributed by atoms with Gasteiger partial charge in [0.1, 0.15) is 0 Å². The van der Waals surface area contributed by atoms with E-state index in [9.17, 15) is 4.57 Å². The molecule has 13 heavy (non-hydrogen) atoms. The van der Waals surface area contributed by atoms with Gasteiger partial charge in [0.15, 0.2) is 0 Å². The summed E-state index contributed by atoms with van der Waals surface area (Å²) < 4.78 is 22.1. The molecule has 0 aliphatic carbocycles. The van der Waals surface area contributed by atoms with E-state index in [4.69, 9.17) is 9.05 Å². The van der Waals surface area contributed by atoms with E-state index in [0.717, 1.165) is 5.75 Å². The van der Waals surface area contributed by atoms with Crippen molar-refractivity contribution >= 4 is 18.2 Å². The highest BCUT2D eigenvalue weighted by atomic mass is 32.7. The minimum atomic E-state index is -2.86. The van der Waals surface area contributed by atoms with Crippen LogP contribution < -0.4 is 0 Å². The van der Waals surface area contributed by atoms with Gasteiger partial charge in [0, 0.05) is 5.75 Å². The second kappa shape index (κ2) is 6.88. The van der Waals surface area contributed by atoms with E-state index in [2.05, 4.69) is 13.8 Å². The predicted molar refractivity (Wildman–Crippen MR) is 58.2 cm³/mol. The molecule has 5 heteroatoms. The van der Waals surface area contributed by atoms with E-state index in [-0.39, 0.29) is 0 Å². The summed E-state index contributed by atoms with van der Waals surface area (Å²) >= 11 is 1.29. The Hall–Kier alpha value is 0.500. The zero-order valence-corrected chi connectivity index (χ0v) is 10.5. The highest BCUT2D eigenvalue weighted by Gasteiger charge is 2.24. The molecular weight excluding hydrogens is 207 g/mol. The lowest BCUT2D eigenvalue weighted by atomic mass is 10.3. The molecule has 0 aromatic rings. The van der Waals surface area contributed by atoms with Gasteiger partial charge in [-0.1, -0.05) is 13.8 Å². The van der Waals surface area contributed by atoms with Crippen molar-refractivity contribution in [1.82, 2.24) is 0 Å². The van der Waals surface area contributed by atoms with Gasteiger partial charge in [0.05, 0.1) is 13.2 Å². The summed E-state index contributed by atoms with van der Waals surface area (Å²) in [6.07, 6.45) is 0. The maximum absolute atomic E-state index is 11.8. The molecule has 0 rings (SSSR count). The standard InChI is InChI=1S/C8H19O3PS/c1-5-10-12(9,11-6-2)13-7-8(3)4/h8H,5-7H2,1-4H3. The average molecular weight is 226 g/mol. The van der Waals surface area contributed by atoms with Crippen molar-refractivity contribution in [2.45, 2.75) is 27.7 Å². The highest BCUT2D eigenvalue weighted by Crippen LogP contribution is 2.60. The fourth-order valence-corrected chi connectivity index (χ4v) is 4.53. The van der Waals surface area contributed by atoms with Gasteiger partial charge in [-0.2, -0.15) is 0 Å². The van der Waals surface area contributed by atoms with Crippen molar-refractivity contribution in [2.75, 3.05) is 19.0 Å². The van der Waals surface area contributed by atoms with E-state index in [0.29, 0.717) is 19.1 Å². The number of hydrogen-bond acceptors (Lipinski definition) is 4. The lowest BCUT2D eigenvalue weighted by Crippen LogP contribution is -1.96. The largest absolute Gasteiger partial charge is 0.389 e. The lowest BCUT2D eigenvalue weighted by Gasteiger charge is -2.16. The molecule has 0 heterocycles. The van der Waals surface area contributed by atoms with E-state index in [1.54, 1.807) is 0 Å². The Bertz CT molecular complexity index is 163. The maximum Gasteiger partial charge on any atom is 0.389 e. The van der Waals surface area contributed by atoms with Gasteiger partial charge < -0.3 is 9.05 Å². The third kappa shape index (κ3) is 6.55. The Morgan fingerprint density at radius 3 is 2.00 bits per heavy atom. The van der Waals surface area contributed by atoms with Crippen LogP contribution in [0.4, 0.5) is 0 Å². The van der Waals surface area contributed by atoms with Gasteiger partial charge in [-0.25, -0.2) is 4.57 Å². The Morgan fingerprint density at radius 2 is 1.69 bits per heavy atom. The normalized spacial score (nSPS) is 12.4. The molecule has 80 valence electrons. The minimum Gasteiger partial charge on any atom is -0.301 e. The summed E-state index contributed by atoms with van der Waals surface area (Å²) in [5, 5.41) is 0. The van der Waals surface area contributed by atoms with Crippen LogP contribution in [0.15, 0.2) is 0 Å². The van der Waals surface area contributed by atoms with Crippen molar-refractivity contribution in [3.05, 3.63) is 0 Å². The Kier molecular flexibility index (Phi) is 7.15. The van der Waals surface area contributed by atoms with Crippen molar-refractivity contribution in [1.29, 1.82) is 0 Å². The van der Waals surface area contributed by atoms with Crippen molar-refractivity contribution < 1.29 is 13.6 Å². The summed E-state index contributed by atoms with van der Waals surface area (Å²) in [5.74, 6) is 1.30. The predicted octanol–water partition coefficient (Wildman–Crippen LogP) is 3.56. The van der Waals surface area contributed by atoms with Crippen LogP contribution >= 0.6 is 18.2 Å². The van der Waals surface area contributed by atoms with E-state index < -0.39 is 6.80 Å². The summed E-state index contributed by atoms with van der Waals surface area (Å²) in [7, 11) is 0. The first kappa shape index (κ1) is 13.5.